The van der Waals surface area contributed by atoms with Crippen molar-refractivity contribution in [2.45, 2.75) is 36.7 Å². The van der Waals surface area contributed by atoms with E-state index in [0.29, 0.717) is 22.3 Å². The van der Waals surface area contributed by atoms with Gasteiger partial charge in [0.1, 0.15) is 0 Å². The van der Waals surface area contributed by atoms with Gasteiger partial charge in [-0.3, -0.25) is 9.36 Å². The number of nitrogens with one attached hydrogen (secondary N) is 2. The molecule has 9 heteroatoms. The first-order chi connectivity index (χ1) is 14.7. The van der Waals surface area contributed by atoms with Gasteiger partial charge in [-0.25, -0.2) is 18.1 Å². The average molecular weight is 459 g/mol. The Bertz CT molecular complexity index is 1190. The third kappa shape index (κ3) is 5.36. The maximum atomic E-state index is 12.5. The largest absolute Gasteiger partial charge is 0.325 e. The number of nitrogens with zero attached hydrogens (tertiary/aromatic N) is 2. The molecule has 0 radical (unpaired) electrons. The Morgan fingerprint density at radius 1 is 1.19 bits per heavy atom. The number of anilines is 1. The lowest BCUT2D eigenvalue weighted by molar-refractivity contribution is -0.113. The van der Waals surface area contributed by atoms with Gasteiger partial charge < -0.3 is 5.32 Å². The third-order valence-corrected chi connectivity index (χ3v) is 7.31. The van der Waals surface area contributed by atoms with Gasteiger partial charge in [-0.15, -0.1) is 0 Å². The Hall–Kier alpha value is -2.62. The lowest BCUT2D eigenvalue weighted by Gasteiger charge is -2.15. The number of benzene rings is 2. The molecular formula is C22H26N4O3S2. The molecular weight excluding hydrogens is 432 g/mol. The van der Waals surface area contributed by atoms with Gasteiger partial charge in [0.05, 0.1) is 16.3 Å². The molecule has 3 rings (SSSR count). The summed E-state index contributed by atoms with van der Waals surface area (Å²) in [4.78, 5) is 17.1. The summed E-state index contributed by atoms with van der Waals surface area (Å²) in [6.07, 6.45) is 3.60. The van der Waals surface area contributed by atoms with Gasteiger partial charge in [0.2, 0.25) is 15.9 Å². The van der Waals surface area contributed by atoms with E-state index < -0.39 is 10.0 Å². The van der Waals surface area contributed by atoms with Crippen molar-refractivity contribution in [3.63, 3.8) is 0 Å². The Kier molecular flexibility index (Phi) is 7.19. The molecule has 2 N–H and O–H groups in total. The number of para-hydroxylation sites is 1. The summed E-state index contributed by atoms with van der Waals surface area (Å²) in [6, 6.07) is 12.9. The van der Waals surface area contributed by atoms with Crippen LogP contribution in [0.1, 0.15) is 30.9 Å². The van der Waals surface area contributed by atoms with E-state index in [-0.39, 0.29) is 16.6 Å². The standard InChI is InChI=1S/C22H26N4O3S2/c1-15(2)18-7-5-6-8-19(18)26-12-11-24-22(26)30-14-21(27)25-17-10-9-16(3)20(13-17)31(28,29)23-4/h5-13,15,23H,14H2,1-4H3,(H,25,27). The number of imidazole rings is 1. The van der Waals surface area contributed by atoms with E-state index in [1.807, 2.05) is 29.0 Å². The molecule has 1 aromatic heterocycles. The molecule has 164 valence electrons. The molecule has 0 fully saturated rings. The van der Waals surface area contributed by atoms with Crippen LogP contribution in [-0.4, -0.2) is 36.7 Å². The van der Waals surface area contributed by atoms with Gasteiger partial charge in [0.15, 0.2) is 5.16 Å². The highest BCUT2D eigenvalue weighted by molar-refractivity contribution is 7.99. The molecule has 0 atom stereocenters. The maximum Gasteiger partial charge on any atom is 0.240 e. The molecule has 3 aromatic rings. The summed E-state index contributed by atoms with van der Waals surface area (Å²) < 4.78 is 28.6. The summed E-state index contributed by atoms with van der Waals surface area (Å²) in [5.74, 6) is 0.251. The number of sulfonamides is 1. The second-order valence-electron chi connectivity index (χ2n) is 7.32. The van der Waals surface area contributed by atoms with Crippen LogP contribution in [0.4, 0.5) is 5.69 Å². The number of amides is 1. The molecule has 0 bridgehead atoms. The van der Waals surface area contributed by atoms with E-state index in [1.165, 1.54) is 30.4 Å². The zero-order chi connectivity index (χ0) is 22.6. The summed E-state index contributed by atoms with van der Waals surface area (Å²) in [5.41, 5.74) is 3.27. The summed E-state index contributed by atoms with van der Waals surface area (Å²) in [7, 11) is -2.24. The van der Waals surface area contributed by atoms with Crippen molar-refractivity contribution in [3.05, 3.63) is 66.0 Å². The second kappa shape index (κ2) is 9.67. The molecule has 2 aromatic carbocycles. The fourth-order valence-electron chi connectivity index (χ4n) is 3.18. The Labute approximate surface area is 187 Å². The number of carbonyl (C=O) groups is 1. The molecule has 0 aliphatic heterocycles. The lowest BCUT2D eigenvalue weighted by atomic mass is 10.0. The normalized spacial score (nSPS) is 11.6. The monoisotopic (exact) mass is 458 g/mol. The second-order valence-corrected chi connectivity index (χ2v) is 10.1. The number of hydrogen-bond donors (Lipinski definition) is 2. The van der Waals surface area contributed by atoms with E-state index in [2.05, 4.69) is 34.9 Å². The first-order valence-electron chi connectivity index (χ1n) is 9.82. The molecule has 7 nitrogen and oxygen atoms in total. The van der Waals surface area contributed by atoms with Crippen LogP contribution in [0.25, 0.3) is 5.69 Å². The Morgan fingerprint density at radius 3 is 2.65 bits per heavy atom. The van der Waals surface area contributed by atoms with Gasteiger partial charge in [-0.05, 0) is 49.2 Å². The van der Waals surface area contributed by atoms with Crippen molar-refractivity contribution in [2.75, 3.05) is 18.1 Å². The highest BCUT2D eigenvalue weighted by atomic mass is 32.2. The van der Waals surface area contributed by atoms with Crippen LogP contribution >= 0.6 is 11.8 Å². The fourth-order valence-corrected chi connectivity index (χ4v) is 4.94. The van der Waals surface area contributed by atoms with Crippen LogP contribution in [0, 0.1) is 6.92 Å². The number of aromatic nitrogens is 2. The Morgan fingerprint density at radius 2 is 1.94 bits per heavy atom. The van der Waals surface area contributed by atoms with E-state index in [9.17, 15) is 13.2 Å². The zero-order valence-electron chi connectivity index (χ0n) is 17.9. The molecule has 0 saturated heterocycles. The predicted molar refractivity (Wildman–Crippen MR) is 124 cm³/mol. The molecule has 31 heavy (non-hydrogen) atoms. The maximum absolute atomic E-state index is 12.5. The molecule has 0 aliphatic carbocycles. The zero-order valence-corrected chi connectivity index (χ0v) is 19.5. The SMILES string of the molecule is CNS(=O)(=O)c1cc(NC(=O)CSc2nccn2-c2ccccc2C(C)C)ccc1C. The summed E-state index contributed by atoms with van der Waals surface area (Å²) >= 11 is 1.32. The fraction of sp³-hybridized carbons (Fsp3) is 0.273. The minimum absolute atomic E-state index is 0.140. The highest BCUT2D eigenvalue weighted by Gasteiger charge is 2.17. The van der Waals surface area contributed by atoms with Crippen molar-refractivity contribution in [2.24, 2.45) is 0 Å². The van der Waals surface area contributed by atoms with Crippen LogP contribution in [0.2, 0.25) is 0 Å². The number of carbonyl (C=O) groups excluding carboxylic acids is 1. The molecule has 0 aliphatic rings. The first-order valence-corrected chi connectivity index (χ1v) is 12.3. The van der Waals surface area contributed by atoms with Crippen molar-refractivity contribution in [1.82, 2.24) is 14.3 Å². The van der Waals surface area contributed by atoms with Gasteiger partial charge in [0.25, 0.3) is 0 Å². The molecule has 1 amide bonds. The number of hydrogen-bond acceptors (Lipinski definition) is 5. The summed E-state index contributed by atoms with van der Waals surface area (Å²) in [5, 5.41) is 3.48. The minimum Gasteiger partial charge on any atom is -0.325 e. The highest BCUT2D eigenvalue weighted by Crippen LogP contribution is 2.27. The molecule has 0 saturated carbocycles. The average Bonchev–Trinajstić information content (AvgIpc) is 3.22. The predicted octanol–water partition coefficient (Wildman–Crippen LogP) is 3.94. The minimum atomic E-state index is -3.60. The quantitative estimate of drug-likeness (QED) is 0.499. The van der Waals surface area contributed by atoms with Crippen molar-refractivity contribution in [1.29, 1.82) is 0 Å². The van der Waals surface area contributed by atoms with E-state index >= 15 is 0 Å². The molecule has 0 unspecified atom stereocenters. The summed E-state index contributed by atoms with van der Waals surface area (Å²) in [6.45, 7) is 5.99. The third-order valence-electron chi connectivity index (χ3n) is 4.79. The smallest absolute Gasteiger partial charge is 0.240 e. The van der Waals surface area contributed by atoms with Crippen molar-refractivity contribution >= 4 is 33.4 Å². The van der Waals surface area contributed by atoms with Gasteiger partial charge in [0, 0.05) is 18.1 Å². The number of aryl methyl sites for hydroxylation is 1. The topological polar surface area (TPSA) is 93.1 Å². The number of thioether (sulfide) groups is 1. The molecule has 0 spiro atoms. The number of rotatable bonds is 8. The van der Waals surface area contributed by atoms with Crippen LogP contribution in [0.15, 0.2) is 64.9 Å². The van der Waals surface area contributed by atoms with E-state index in [1.54, 1.807) is 25.3 Å². The first kappa shape index (κ1) is 23.1. The van der Waals surface area contributed by atoms with E-state index in [4.69, 9.17) is 0 Å². The van der Waals surface area contributed by atoms with Crippen LogP contribution in [0.3, 0.4) is 0 Å². The van der Waals surface area contributed by atoms with Crippen molar-refractivity contribution in [3.8, 4) is 5.69 Å². The van der Waals surface area contributed by atoms with Crippen molar-refractivity contribution < 1.29 is 13.2 Å². The van der Waals surface area contributed by atoms with Crippen LogP contribution in [0.5, 0.6) is 0 Å². The van der Waals surface area contributed by atoms with E-state index in [0.717, 1.165) is 5.69 Å². The van der Waals surface area contributed by atoms with Gasteiger partial charge >= 0.3 is 0 Å². The van der Waals surface area contributed by atoms with Crippen LogP contribution < -0.4 is 10.0 Å². The van der Waals surface area contributed by atoms with Crippen LogP contribution in [-0.2, 0) is 14.8 Å². The molecule has 1 heterocycles. The van der Waals surface area contributed by atoms with Gasteiger partial charge in [-0.1, -0.05) is 49.9 Å². The lowest BCUT2D eigenvalue weighted by Crippen LogP contribution is -2.20. The Balaban J connectivity index is 1.73. The van der Waals surface area contributed by atoms with Gasteiger partial charge in [-0.2, -0.15) is 0 Å².